The molecule has 0 radical (unpaired) electrons. The normalized spacial score (nSPS) is 10.4. The lowest BCUT2D eigenvalue weighted by Crippen LogP contribution is -2.23. The second-order valence-electron chi connectivity index (χ2n) is 5.53. The molecule has 7 heteroatoms. The van der Waals surface area contributed by atoms with E-state index < -0.39 is 5.82 Å². The molecule has 2 aromatic carbocycles. The van der Waals surface area contributed by atoms with Crippen LogP contribution in [0.4, 0.5) is 20.2 Å². The van der Waals surface area contributed by atoms with E-state index in [1.807, 2.05) is 0 Å². The van der Waals surface area contributed by atoms with Crippen molar-refractivity contribution in [2.24, 2.45) is 0 Å². The molecule has 4 nitrogen and oxygen atoms in total. The Morgan fingerprint density at radius 1 is 1.00 bits per heavy atom. The summed E-state index contributed by atoms with van der Waals surface area (Å²) >= 11 is 5.75. The highest BCUT2D eigenvalue weighted by atomic mass is 35.5. The maximum Gasteiger partial charge on any atom is 0.253 e. The summed E-state index contributed by atoms with van der Waals surface area (Å²) in [5.41, 5.74) is 2.26. The highest BCUT2D eigenvalue weighted by Gasteiger charge is 2.08. The summed E-state index contributed by atoms with van der Waals surface area (Å²) in [5, 5.41) is 5.75. The summed E-state index contributed by atoms with van der Waals surface area (Å²) in [6.45, 7) is 0.268. The number of pyridine rings is 1. The van der Waals surface area contributed by atoms with Gasteiger partial charge in [-0.05, 0) is 42.0 Å². The third-order valence-electron chi connectivity index (χ3n) is 3.58. The molecule has 0 fully saturated rings. The fraction of sp³-hybridized carbons (Fsp3) is 0.0526. The number of hydrogen-bond donors (Lipinski definition) is 2. The minimum absolute atomic E-state index is 0.00356. The van der Waals surface area contributed by atoms with E-state index in [2.05, 4.69) is 15.6 Å². The molecule has 0 unspecified atom stereocenters. The van der Waals surface area contributed by atoms with Crippen molar-refractivity contribution in [1.82, 2.24) is 10.3 Å². The van der Waals surface area contributed by atoms with Crippen LogP contribution in [0.3, 0.4) is 0 Å². The number of benzene rings is 2. The van der Waals surface area contributed by atoms with E-state index in [1.54, 1.807) is 18.2 Å². The number of halogens is 3. The quantitative estimate of drug-likeness (QED) is 0.682. The van der Waals surface area contributed by atoms with Gasteiger partial charge in [-0.1, -0.05) is 23.7 Å². The molecule has 0 atom stereocenters. The van der Waals surface area contributed by atoms with Gasteiger partial charge in [0.05, 0.1) is 22.5 Å². The Kier molecular flexibility index (Phi) is 5.43. The molecule has 1 amide bonds. The summed E-state index contributed by atoms with van der Waals surface area (Å²) in [6.07, 6.45) is 2.97. The number of rotatable bonds is 5. The first kappa shape index (κ1) is 17.8. The van der Waals surface area contributed by atoms with E-state index in [-0.39, 0.29) is 23.3 Å². The molecule has 1 aromatic heterocycles. The van der Waals surface area contributed by atoms with Crippen LogP contribution in [0.15, 0.2) is 60.9 Å². The highest BCUT2D eigenvalue weighted by molar-refractivity contribution is 6.31. The van der Waals surface area contributed by atoms with E-state index in [0.717, 1.165) is 5.56 Å². The molecule has 0 spiro atoms. The SMILES string of the molecule is O=C(NCc1ccc(F)cc1)c1cncc(Nc2ccc(F)c(Cl)c2)c1. The van der Waals surface area contributed by atoms with Gasteiger partial charge in [-0.25, -0.2) is 8.78 Å². The Hall–Kier alpha value is -2.99. The first-order valence-corrected chi connectivity index (χ1v) is 8.09. The Morgan fingerprint density at radius 3 is 2.50 bits per heavy atom. The van der Waals surface area contributed by atoms with E-state index in [9.17, 15) is 13.6 Å². The standard InChI is InChI=1S/C19H14ClF2N3O/c20-17-8-15(5-6-18(17)22)25-16-7-13(10-23-11-16)19(26)24-9-12-1-3-14(21)4-2-12/h1-8,10-11,25H,9H2,(H,24,26). The van der Waals surface area contributed by atoms with Crippen LogP contribution in [-0.2, 0) is 6.54 Å². The molecule has 3 aromatic rings. The molecule has 1 heterocycles. The number of amides is 1. The maximum absolute atomic E-state index is 13.2. The smallest absolute Gasteiger partial charge is 0.253 e. The zero-order chi connectivity index (χ0) is 18.5. The van der Waals surface area contributed by atoms with E-state index in [1.165, 1.54) is 42.7 Å². The molecule has 0 saturated heterocycles. The third-order valence-corrected chi connectivity index (χ3v) is 3.86. The van der Waals surface area contributed by atoms with Gasteiger partial charge in [0, 0.05) is 18.4 Å². The highest BCUT2D eigenvalue weighted by Crippen LogP contribution is 2.22. The third kappa shape index (κ3) is 4.55. The van der Waals surface area contributed by atoms with Gasteiger partial charge in [-0.15, -0.1) is 0 Å². The van der Waals surface area contributed by atoms with Gasteiger partial charge in [-0.2, -0.15) is 0 Å². The van der Waals surface area contributed by atoms with Crippen LogP contribution in [0.5, 0.6) is 0 Å². The Bertz CT molecular complexity index is 932. The number of hydrogen-bond acceptors (Lipinski definition) is 3. The van der Waals surface area contributed by atoms with Crippen molar-refractivity contribution < 1.29 is 13.6 Å². The van der Waals surface area contributed by atoms with Crippen molar-refractivity contribution in [3.8, 4) is 0 Å². The van der Waals surface area contributed by atoms with Gasteiger partial charge in [0.2, 0.25) is 0 Å². The minimum Gasteiger partial charge on any atom is -0.354 e. The zero-order valence-electron chi connectivity index (χ0n) is 13.5. The lowest BCUT2D eigenvalue weighted by molar-refractivity contribution is 0.0950. The van der Waals surface area contributed by atoms with E-state index >= 15 is 0 Å². The van der Waals surface area contributed by atoms with Crippen molar-refractivity contribution in [1.29, 1.82) is 0 Å². The molecule has 26 heavy (non-hydrogen) atoms. The first-order chi connectivity index (χ1) is 12.5. The molecule has 0 bridgehead atoms. The van der Waals surface area contributed by atoms with Crippen LogP contribution in [0.25, 0.3) is 0 Å². The largest absolute Gasteiger partial charge is 0.354 e. The van der Waals surface area contributed by atoms with Gasteiger partial charge in [0.25, 0.3) is 5.91 Å². The van der Waals surface area contributed by atoms with Crippen molar-refractivity contribution in [3.05, 3.63) is 88.7 Å². The minimum atomic E-state index is -0.510. The summed E-state index contributed by atoms with van der Waals surface area (Å²) in [6, 6.07) is 11.7. The van der Waals surface area contributed by atoms with E-state index in [0.29, 0.717) is 16.9 Å². The number of carbonyl (C=O) groups is 1. The number of nitrogens with one attached hydrogen (secondary N) is 2. The van der Waals surface area contributed by atoms with Crippen molar-refractivity contribution in [3.63, 3.8) is 0 Å². The van der Waals surface area contributed by atoms with Gasteiger partial charge < -0.3 is 10.6 Å². The monoisotopic (exact) mass is 373 g/mol. The lowest BCUT2D eigenvalue weighted by atomic mass is 10.2. The number of anilines is 2. The summed E-state index contributed by atoms with van der Waals surface area (Å²) in [5.74, 6) is -1.16. The fourth-order valence-electron chi connectivity index (χ4n) is 2.26. The predicted molar refractivity (Wildman–Crippen MR) is 96.5 cm³/mol. The molecular formula is C19H14ClF2N3O. The molecular weight excluding hydrogens is 360 g/mol. The first-order valence-electron chi connectivity index (χ1n) is 7.71. The van der Waals surface area contributed by atoms with Crippen molar-refractivity contribution in [2.45, 2.75) is 6.54 Å². The fourth-order valence-corrected chi connectivity index (χ4v) is 2.44. The summed E-state index contributed by atoms with van der Waals surface area (Å²) < 4.78 is 26.1. The van der Waals surface area contributed by atoms with Gasteiger partial charge in [-0.3, -0.25) is 9.78 Å². The number of carbonyl (C=O) groups excluding carboxylic acids is 1. The number of nitrogens with zero attached hydrogens (tertiary/aromatic N) is 1. The molecule has 0 aliphatic rings. The Morgan fingerprint density at radius 2 is 1.77 bits per heavy atom. The molecule has 2 N–H and O–H groups in total. The molecule has 3 rings (SSSR count). The van der Waals surface area contributed by atoms with Gasteiger partial charge >= 0.3 is 0 Å². The lowest BCUT2D eigenvalue weighted by Gasteiger charge is -2.09. The molecule has 0 aliphatic carbocycles. The van der Waals surface area contributed by atoms with Gasteiger partial charge in [0.15, 0.2) is 0 Å². The van der Waals surface area contributed by atoms with Gasteiger partial charge in [0.1, 0.15) is 11.6 Å². The van der Waals surface area contributed by atoms with Crippen LogP contribution in [0.1, 0.15) is 15.9 Å². The zero-order valence-corrected chi connectivity index (χ0v) is 14.2. The Labute approximate surface area is 153 Å². The number of aromatic nitrogens is 1. The van der Waals surface area contributed by atoms with Crippen LogP contribution < -0.4 is 10.6 Å². The summed E-state index contributed by atoms with van der Waals surface area (Å²) in [7, 11) is 0. The van der Waals surface area contributed by atoms with Crippen molar-refractivity contribution >= 4 is 28.9 Å². The molecule has 0 saturated carbocycles. The average Bonchev–Trinajstić information content (AvgIpc) is 2.64. The van der Waals surface area contributed by atoms with Crippen LogP contribution in [0, 0.1) is 11.6 Å². The van der Waals surface area contributed by atoms with Crippen molar-refractivity contribution in [2.75, 3.05) is 5.32 Å². The molecule has 0 aliphatic heterocycles. The Balaban J connectivity index is 1.66. The average molecular weight is 374 g/mol. The topological polar surface area (TPSA) is 54.0 Å². The second-order valence-corrected chi connectivity index (χ2v) is 5.93. The van der Waals surface area contributed by atoms with E-state index in [4.69, 9.17) is 11.6 Å². The van der Waals surface area contributed by atoms with Crippen LogP contribution in [-0.4, -0.2) is 10.9 Å². The maximum atomic E-state index is 13.2. The van der Waals surface area contributed by atoms with Crippen LogP contribution >= 0.6 is 11.6 Å². The molecule has 132 valence electrons. The predicted octanol–water partition coefficient (Wildman–Crippen LogP) is 4.69. The van der Waals surface area contributed by atoms with Crippen LogP contribution in [0.2, 0.25) is 5.02 Å². The second kappa shape index (κ2) is 7.93. The summed E-state index contributed by atoms with van der Waals surface area (Å²) in [4.78, 5) is 16.3.